The number of carbonyl (C=O) groups excluding carboxylic acids is 6. The molecule has 1 amide bonds. The fraction of sp³-hybridized carbons (Fsp3) is 0.471. The highest BCUT2D eigenvalue weighted by Gasteiger charge is 2.62. The summed E-state index contributed by atoms with van der Waals surface area (Å²) >= 11 is 0. The first-order valence-corrected chi connectivity index (χ1v) is 17.4. The fourth-order valence-electron chi connectivity index (χ4n) is 5.22. The molecule has 0 saturated carbocycles. The first kappa shape index (κ1) is 41.7. The number of amides is 1. The Bertz CT molecular complexity index is 1560. The highest BCUT2D eigenvalue weighted by Crippen LogP contribution is 2.56. The van der Waals surface area contributed by atoms with Crippen LogP contribution < -0.4 is 5.32 Å². The third-order valence-electron chi connectivity index (χ3n) is 7.22. The largest absolute Gasteiger partial charge is 0.478 e. The summed E-state index contributed by atoms with van der Waals surface area (Å²) in [5.74, 6) is -8.48. The van der Waals surface area contributed by atoms with Crippen LogP contribution in [0.25, 0.3) is 0 Å². The van der Waals surface area contributed by atoms with Crippen LogP contribution in [-0.4, -0.2) is 85.7 Å². The van der Waals surface area contributed by atoms with Gasteiger partial charge in [-0.15, -0.1) is 0 Å². The van der Waals surface area contributed by atoms with E-state index in [1.54, 1.807) is 60.7 Å². The van der Waals surface area contributed by atoms with Crippen molar-refractivity contribution in [3.8, 4) is 0 Å². The molecule has 0 radical (unpaired) electrons. The van der Waals surface area contributed by atoms with Crippen LogP contribution in [0.5, 0.6) is 0 Å². The Balaban J connectivity index is 2.23. The number of carbonyl (C=O) groups is 6. The van der Waals surface area contributed by atoms with Gasteiger partial charge in [-0.2, -0.15) is 0 Å². The minimum absolute atomic E-state index is 0.345. The summed E-state index contributed by atoms with van der Waals surface area (Å²) in [6, 6.07) is 15.5. The lowest BCUT2D eigenvalue weighted by Crippen LogP contribution is -2.69. The van der Waals surface area contributed by atoms with E-state index < -0.39 is 92.8 Å². The van der Waals surface area contributed by atoms with Gasteiger partial charge in [0.25, 0.3) is 5.79 Å². The number of methoxy groups -OCH3 is 1. The van der Waals surface area contributed by atoms with Crippen molar-refractivity contribution >= 4 is 43.6 Å². The van der Waals surface area contributed by atoms with Gasteiger partial charge < -0.3 is 33.7 Å². The molecular weight excluding hydrogens is 709 g/mol. The van der Waals surface area contributed by atoms with E-state index in [1.807, 2.05) is 0 Å². The van der Waals surface area contributed by atoms with Crippen LogP contribution in [0.15, 0.2) is 60.7 Å². The molecule has 2 aromatic rings. The molecule has 1 aliphatic rings. The summed E-state index contributed by atoms with van der Waals surface area (Å²) < 4.78 is 64.8. The molecule has 2 aromatic carbocycles. The van der Waals surface area contributed by atoms with Crippen LogP contribution in [0, 0.1) is 0 Å². The van der Waals surface area contributed by atoms with E-state index in [0.717, 1.165) is 41.7 Å². The van der Waals surface area contributed by atoms with E-state index in [2.05, 4.69) is 5.32 Å². The number of benzene rings is 2. The molecule has 0 aromatic heterocycles. The minimum Gasteiger partial charge on any atom is -0.465 e. The smallest absolute Gasteiger partial charge is 0.465 e. The van der Waals surface area contributed by atoms with Gasteiger partial charge in [-0.25, -0.2) is 13.9 Å². The van der Waals surface area contributed by atoms with E-state index in [-0.39, 0.29) is 13.2 Å². The average molecular weight is 752 g/mol. The molecule has 18 heteroatoms. The van der Waals surface area contributed by atoms with Crippen LogP contribution in [0.3, 0.4) is 0 Å². The molecule has 0 bridgehead atoms. The second-order valence-electron chi connectivity index (χ2n) is 11.5. The first-order chi connectivity index (χ1) is 24.6. The molecule has 0 aliphatic carbocycles. The van der Waals surface area contributed by atoms with Crippen LogP contribution in [-0.2, 0) is 88.5 Å². The third kappa shape index (κ3) is 12.5. The van der Waals surface area contributed by atoms with E-state index in [4.69, 9.17) is 42.0 Å². The maximum Gasteiger partial charge on any atom is 0.478 e. The topological polar surface area (TPSA) is 215 Å². The van der Waals surface area contributed by atoms with Gasteiger partial charge in [-0.05, 0) is 11.1 Å². The van der Waals surface area contributed by atoms with Crippen molar-refractivity contribution in [1.82, 2.24) is 5.32 Å². The predicted octanol–water partition coefficient (Wildman–Crippen LogP) is 3.07. The van der Waals surface area contributed by atoms with Gasteiger partial charge in [0.2, 0.25) is 5.91 Å². The van der Waals surface area contributed by atoms with E-state index in [9.17, 15) is 33.3 Å². The Kier molecular flexibility index (Phi) is 15.5. The lowest BCUT2D eigenvalue weighted by atomic mass is 9.88. The van der Waals surface area contributed by atoms with Gasteiger partial charge in [-0.1, -0.05) is 60.7 Å². The molecule has 3 rings (SSSR count). The Morgan fingerprint density at radius 1 is 0.808 bits per heavy atom. The number of nitrogens with one attached hydrogen (secondary N) is 1. The summed E-state index contributed by atoms with van der Waals surface area (Å²) in [6.45, 7) is 3.85. The zero-order chi connectivity index (χ0) is 38.5. The van der Waals surface area contributed by atoms with Gasteiger partial charge in [0.15, 0.2) is 12.2 Å². The van der Waals surface area contributed by atoms with Gasteiger partial charge in [0, 0.05) is 34.6 Å². The summed E-state index contributed by atoms with van der Waals surface area (Å²) in [6.07, 6.45) is -7.67. The molecule has 1 saturated heterocycles. The summed E-state index contributed by atoms with van der Waals surface area (Å²) in [4.78, 5) is 75.4. The number of esters is 5. The SMILES string of the molecule is COC(=O)[C@@]1(OP(=O)(OCc2ccccc2)OCc2ccccc2)C[C@H](OC(C)=O)[C@@H](NC(C)=O)[C@H]([C@@H](OC(C)=O)[C@@H](COC(C)=O)OC(C)=O)O1. The number of phosphoric ester groups is 1. The predicted molar refractivity (Wildman–Crippen MR) is 176 cm³/mol. The maximum absolute atomic E-state index is 14.6. The second-order valence-corrected chi connectivity index (χ2v) is 13.1. The van der Waals surface area contributed by atoms with E-state index >= 15 is 0 Å². The van der Waals surface area contributed by atoms with Crippen molar-refractivity contribution in [2.45, 2.75) is 90.5 Å². The van der Waals surface area contributed by atoms with Crippen LogP contribution in [0.2, 0.25) is 0 Å². The lowest BCUT2D eigenvalue weighted by molar-refractivity contribution is -0.294. The highest BCUT2D eigenvalue weighted by atomic mass is 31.2. The monoisotopic (exact) mass is 751 g/mol. The Labute approximate surface area is 300 Å². The molecule has 0 spiro atoms. The Morgan fingerprint density at radius 3 is 1.79 bits per heavy atom. The zero-order valence-electron chi connectivity index (χ0n) is 29.5. The Hall–Kier alpha value is -4.67. The number of ether oxygens (including phenoxy) is 6. The molecule has 6 atom stereocenters. The summed E-state index contributed by atoms with van der Waals surface area (Å²) in [7, 11) is -3.97. The van der Waals surface area contributed by atoms with Gasteiger partial charge in [0.1, 0.15) is 18.8 Å². The van der Waals surface area contributed by atoms with Gasteiger partial charge in [-0.3, -0.25) is 33.0 Å². The van der Waals surface area contributed by atoms with Crippen molar-refractivity contribution in [3.05, 3.63) is 71.8 Å². The van der Waals surface area contributed by atoms with Gasteiger partial charge in [0.05, 0.1) is 32.8 Å². The third-order valence-corrected chi connectivity index (χ3v) is 8.63. The summed E-state index contributed by atoms with van der Waals surface area (Å²) in [5, 5.41) is 2.55. The van der Waals surface area contributed by atoms with Crippen molar-refractivity contribution < 1.29 is 75.3 Å². The van der Waals surface area contributed by atoms with Crippen LogP contribution in [0.4, 0.5) is 0 Å². The zero-order valence-corrected chi connectivity index (χ0v) is 30.4. The summed E-state index contributed by atoms with van der Waals surface area (Å²) in [5.41, 5.74) is 1.08. The van der Waals surface area contributed by atoms with Crippen LogP contribution in [0.1, 0.15) is 52.2 Å². The Morgan fingerprint density at radius 2 is 1.35 bits per heavy atom. The number of phosphoric acid groups is 1. The molecule has 1 aliphatic heterocycles. The van der Waals surface area contributed by atoms with E-state index in [1.165, 1.54) is 0 Å². The highest BCUT2D eigenvalue weighted by molar-refractivity contribution is 7.48. The molecule has 17 nitrogen and oxygen atoms in total. The van der Waals surface area contributed by atoms with Crippen LogP contribution >= 0.6 is 7.82 Å². The van der Waals surface area contributed by atoms with Crippen molar-refractivity contribution in [1.29, 1.82) is 0 Å². The molecule has 0 unspecified atom stereocenters. The average Bonchev–Trinajstić information content (AvgIpc) is 3.08. The molecule has 1 heterocycles. The van der Waals surface area contributed by atoms with Gasteiger partial charge >= 0.3 is 37.7 Å². The standard InChI is InChI=1S/C34H42NO16P/c1-21(36)35-30-28(47-23(3)38)17-34(33(41)43-6,50-32(30)31(49-25(5)40)29(48-24(4)39)20-44-22(2)37)51-52(42,45-18-26-13-9-7-10-14-26)46-19-27-15-11-8-12-16-27/h7-16,28-32H,17-20H2,1-6H3,(H,35,36)/t28-,29+,30+,31-,32+,34-/m0/s1. The first-order valence-electron chi connectivity index (χ1n) is 15.9. The van der Waals surface area contributed by atoms with E-state index in [0.29, 0.717) is 11.1 Å². The molecule has 1 fully saturated rings. The fourth-order valence-corrected chi connectivity index (χ4v) is 6.57. The molecule has 284 valence electrons. The quantitative estimate of drug-likeness (QED) is 0.140. The van der Waals surface area contributed by atoms with Crippen molar-refractivity contribution in [3.63, 3.8) is 0 Å². The van der Waals surface area contributed by atoms with Crippen molar-refractivity contribution in [2.75, 3.05) is 13.7 Å². The number of hydrogen-bond acceptors (Lipinski definition) is 16. The number of hydrogen-bond donors (Lipinski definition) is 1. The minimum atomic E-state index is -4.93. The molecular formula is C34H42NO16P. The lowest BCUT2D eigenvalue weighted by Gasteiger charge is -2.48. The maximum atomic E-state index is 14.6. The normalized spacial score (nSPS) is 21.1. The molecule has 52 heavy (non-hydrogen) atoms. The van der Waals surface area contributed by atoms with Crippen molar-refractivity contribution in [2.24, 2.45) is 0 Å². The number of rotatable bonds is 17. The molecule has 1 N–H and O–H groups in total. The second kappa shape index (κ2) is 19.2.